The lowest BCUT2D eigenvalue weighted by Crippen LogP contribution is -2.56. The van der Waals surface area contributed by atoms with Gasteiger partial charge in [-0.3, -0.25) is 4.79 Å². The van der Waals surface area contributed by atoms with Gasteiger partial charge in [-0.1, -0.05) is 26.0 Å². The summed E-state index contributed by atoms with van der Waals surface area (Å²) >= 11 is 0. The minimum Gasteiger partial charge on any atom is -0.449 e. The summed E-state index contributed by atoms with van der Waals surface area (Å²) in [6.07, 6.45) is -0.175. The number of piperazine rings is 1. The van der Waals surface area contributed by atoms with E-state index < -0.39 is 12.1 Å². The fraction of sp³-hybridized carbons (Fsp3) is 0.400. The molecule has 8 heteroatoms. The Morgan fingerprint density at radius 2 is 1.70 bits per heavy atom. The first-order chi connectivity index (χ1) is 15.9. The van der Waals surface area contributed by atoms with Gasteiger partial charge in [-0.15, -0.1) is 0 Å². The predicted molar refractivity (Wildman–Crippen MR) is 123 cm³/mol. The molecule has 0 aromatic heterocycles. The van der Waals surface area contributed by atoms with Gasteiger partial charge in [-0.05, 0) is 47.9 Å². The van der Waals surface area contributed by atoms with Crippen molar-refractivity contribution in [3.05, 3.63) is 65.5 Å². The number of rotatable bonds is 7. The van der Waals surface area contributed by atoms with Gasteiger partial charge in [0.05, 0.1) is 18.2 Å². The Balaban J connectivity index is 1.48. The number of carbonyl (C=O) groups is 2. The van der Waals surface area contributed by atoms with Crippen molar-refractivity contribution in [1.82, 2.24) is 10.2 Å². The first-order valence-electron chi connectivity index (χ1n) is 11.1. The van der Waals surface area contributed by atoms with E-state index in [4.69, 9.17) is 10.00 Å². The van der Waals surface area contributed by atoms with Crippen LogP contribution in [0.3, 0.4) is 0 Å². The third-order valence-electron chi connectivity index (χ3n) is 5.70. The van der Waals surface area contributed by atoms with Crippen LogP contribution in [0.15, 0.2) is 48.5 Å². The fourth-order valence-electron chi connectivity index (χ4n) is 3.72. The molecule has 1 aliphatic heterocycles. The zero-order chi connectivity index (χ0) is 23.8. The van der Waals surface area contributed by atoms with Crippen LogP contribution in [0.1, 0.15) is 25.0 Å². The van der Waals surface area contributed by atoms with E-state index >= 15 is 0 Å². The van der Waals surface area contributed by atoms with E-state index in [9.17, 15) is 14.0 Å². The van der Waals surface area contributed by atoms with E-state index in [1.807, 2.05) is 26.0 Å². The maximum absolute atomic E-state index is 13.1. The van der Waals surface area contributed by atoms with E-state index in [1.165, 1.54) is 12.1 Å². The van der Waals surface area contributed by atoms with Crippen LogP contribution in [0.2, 0.25) is 0 Å². The van der Waals surface area contributed by atoms with Crippen molar-refractivity contribution in [2.45, 2.75) is 26.3 Å². The topological polar surface area (TPSA) is 85.7 Å². The molecule has 7 nitrogen and oxygen atoms in total. The second kappa shape index (κ2) is 11.3. The van der Waals surface area contributed by atoms with Crippen LogP contribution in [0.25, 0.3) is 0 Å². The number of ether oxygens (including phenoxy) is 1. The molecule has 0 radical (unpaired) electrons. The van der Waals surface area contributed by atoms with Crippen LogP contribution < -0.4 is 10.2 Å². The molecule has 174 valence electrons. The Hall–Kier alpha value is -3.60. The summed E-state index contributed by atoms with van der Waals surface area (Å²) in [7, 11) is 0. The summed E-state index contributed by atoms with van der Waals surface area (Å²) in [4.78, 5) is 29.3. The first kappa shape index (κ1) is 24.1. The van der Waals surface area contributed by atoms with Crippen LogP contribution in [0.4, 0.5) is 14.9 Å². The quantitative estimate of drug-likeness (QED) is 0.697. The zero-order valence-electron chi connectivity index (χ0n) is 19.0. The van der Waals surface area contributed by atoms with Crippen molar-refractivity contribution in [1.29, 1.82) is 5.26 Å². The molecule has 1 atom stereocenters. The van der Waals surface area contributed by atoms with Crippen LogP contribution in [-0.4, -0.2) is 55.7 Å². The molecule has 1 N–H and O–H groups in total. The van der Waals surface area contributed by atoms with Crippen molar-refractivity contribution >= 4 is 17.7 Å². The number of alkyl carbamates (subject to hydrolysis) is 1. The number of nitrogens with one attached hydrogen (secondary N) is 1. The van der Waals surface area contributed by atoms with Crippen LogP contribution in [-0.2, 0) is 16.0 Å². The van der Waals surface area contributed by atoms with Crippen molar-refractivity contribution < 1.29 is 18.7 Å². The third kappa shape index (κ3) is 6.69. The van der Waals surface area contributed by atoms with Gasteiger partial charge in [0.25, 0.3) is 0 Å². The molecule has 2 aromatic rings. The number of hydrogen-bond acceptors (Lipinski definition) is 5. The van der Waals surface area contributed by atoms with Gasteiger partial charge in [-0.25, -0.2) is 9.18 Å². The summed E-state index contributed by atoms with van der Waals surface area (Å²) < 4.78 is 18.2. The number of anilines is 1. The highest BCUT2D eigenvalue weighted by Crippen LogP contribution is 2.18. The summed E-state index contributed by atoms with van der Waals surface area (Å²) in [5.41, 5.74) is 2.49. The number of halogens is 1. The van der Waals surface area contributed by atoms with Crippen molar-refractivity contribution in [3.63, 3.8) is 0 Å². The van der Waals surface area contributed by atoms with E-state index in [1.54, 1.807) is 29.2 Å². The normalized spacial score (nSPS) is 14.5. The Labute approximate surface area is 193 Å². The average molecular weight is 453 g/mol. The van der Waals surface area contributed by atoms with E-state index in [-0.39, 0.29) is 24.2 Å². The number of amides is 2. The minimum absolute atomic E-state index is 0.0984. The van der Waals surface area contributed by atoms with Gasteiger partial charge in [0.2, 0.25) is 5.91 Å². The molecule has 1 heterocycles. The molecule has 0 unspecified atom stereocenters. The van der Waals surface area contributed by atoms with Gasteiger partial charge < -0.3 is 19.9 Å². The van der Waals surface area contributed by atoms with Crippen molar-refractivity contribution in [2.24, 2.45) is 5.92 Å². The highest BCUT2D eigenvalue weighted by atomic mass is 19.1. The number of hydrogen-bond donors (Lipinski definition) is 1. The highest BCUT2D eigenvalue weighted by Gasteiger charge is 2.31. The molecule has 0 saturated carbocycles. The summed E-state index contributed by atoms with van der Waals surface area (Å²) in [5, 5.41) is 11.7. The molecule has 33 heavy (non-hydrogen) atoms. The molecule has 3 rings (SSSR count). The molecule has 1 saturated heterocycles. The molecule has 2 aromatic carbocycles. The maximum Gasteiger partial charge on any atom is 0.407 e. The lowest BCUT2D eigenvalue weighted by Gasteiger charge is -2.38. The van der Waals surface area contributed by atoms with E-state index in [0.717, 1.165) is 11.3 Å². The van der Waals surface area contributed by atoms with Gasteiger partial charge in [0.15, 0.2) is 0 Å². The highest BCUT2D eigenvalue weighted by molar-refractivity contribution is 5.86. The van der Waals surface area contributed by atoms with Crippen molar-refractivity contribution in [2.75, 3.05) is 37.7 Å². The number of nitrogens with zero attached hydrogens (tertiary/aromatic N) is 3. The second-order valence-electron chi connectivity index (χ2n) is 8.35. The molecule has 0 spiro atoms. The second-order valence-corrected chi connectivity index (χ2v) is 8.35. The van der Waals surface area contributed by atoms with Gasteiger partial charge in [0, 0.05) is 38.3 Å². The largest absolute Gasteiger partial charge is 0.449 e. The summed E-state index contributed by atoms with van der Waals surface area (Å²) in [6, 6.07) is 14.9. The van der Waals surface area contributed by atoms with Gasteiger partial charge in [-0.2, -0.15) is 5.26 Å². The van der Waals surface area contributed by atoms with Crippen LogP contribution in [0, 0.1) is 23.1 Å². The molecular formula is C25H29FN4O3. The monoisotopic (exact) mass is 452 g/mol. The van der Waals surface area contributed by atoms with Gasteiger partial charge >= 0.3 is 6.09 Å². The van der Waals surface area contributed by atoms with Crippen LogP contribution in [0.5, 0.6) is 0 Å². The standard InChI is InChI=1S/C25H29FN4O3/c1-18(2)23(28-25(32)33-16-11-19-3-7-21(26)8-4-19)24(31)30-14-12-29(13-15-30)22-9-5-20(17-27)6-10-22/h3-10,18,23H,11-16H2,1-2H3,(H,28,32)/t23-/m0/s1. The SMILES string of the molecule is CC(C)[C@H](NC(=O)OCCc1ccc(F)cc1)C(=O)N1CCN(c2ccc(C#N)cc2)CC1. The molecule has 1 fully saturated rings. The minimum atomic E-state index is -0.676. The first-order valence-corrected chi connectivity index (χ1v) is 11.1. The van der Waals surface area contributed by atoms with Gasteiger partial charge in [0.1, 0.15) is 11.9 Å². The van der Waals surface area contributed by atoms with Crippen LogP contribution >= 0.6 is 0 Å². The Morgan fingerprint density at radius 3 is 2.27 bits per heavy atom. The molecule has 0 bridgehead atoms. The fourth-order valence-corrected chi connectivity index (χ4v) is 3.72. The Kier molecular flexibility index (Phi) is 8.25. The smallest absolute Gasteiger partial charge is 0.407 e. The Bertz CT molecular complexity index is 978. The van der Waals surface area contributed by atoms with Crippen molar-refractivity contribution in [3.8, 4) is 6.07 Å². The maximum atomic E-state index is 13.1. The number of benzene rings is 2. The average Bonchev–Trinajstić information content (AvgIpc) is 2.83. The summed E-state index contributed by atoms with van der Waals surface area (Å²) in [5.74, 6) is -0.535. The number of nitriles is 1. The molecular weight excluding hydrogens is 423 g/mol. The van der Waals surface area contributed by atoms with E-state index in [2.05, 4.69) is 16.3 Å². The molecule has 0 aliphatic carbocycles. The predicted octanol–water partition coefficient (Wildman–Crippen LogP) is 3.34. The molecule has 2 amide bonds. The molecule has 1 aliphatic rings. The lowest BCUT2D eigenvalue weighted by molar-refractivity contribution is -0.134. The van der Waals surface area contributed by atoms with E-state index in [0.29, 0.717) is 38.2 Å². The Morgan fingerprint density at radius 1 is 1.06 bits per heavy atom. The zero-order valence-corrected chi connectivity index (χ0v) is 19.0. The third-order valence-corrected chi connectivity index (χ3v) is 5.70. The summed E-state index contributed by atoms with van der Waals surface area (Å²) in [6.45, 7) is 6.34. The lowest BCUT2D eigenvalue weighted by atomic mass is 10.0. The number of carbonyl (C=O) groups excluding carboxylic acids is 2.